The Kier molecular flexibility index (Phi) is 7.98. The first-order valence-electron chi connectivity index (χ1n) is 6.34. The van der Waals surface area contributed by atoms with Crippen LogP contribution in [0.2, 0.25) is 0 Å². The molecular formula is C13H30N2O. The molecule has 2 atom stereocenters. The van der Waals surface area contributed by atoms with Crippen LogP contribution in [0.1, 0.15) is 53.4 Å². The fourth-order valence-corrected chi connectivity index (χ4v) is 2.36. The van der Waals surface area contributed by atoms with Gasteiger partial charge in [0.1, 0.15) is 0 Å². The van der Waals surface area contributed by atoms with Crippen LogP contribution in [0.4, 0.5) is 0 Å². The van der Waals surface area contributed by atoms with Crippen molar-refractivity contribution in [1.29, 1.82) is 0 Å². The molecule has 98 valence electrons. The van der Waals surface area contributed by atoms with Crippen LogP contribution in [0.5, 0.6) is 0 Å². The molecule has 0 aromatic heterocycles. The van der Waals surface area contributed by atoms with Crippen LogP contribution in [0.25, 0.3) is 0 Å². The average Bonchev–Trinajstić information content (AvgIpc) is 2.13. The maximum atomic E-state index is 5.58. The molecule has 0 saturated carbocycles. The highest BCUT2D eigenvalue weighted by molar-refractivity contribution is 4.72. The number of nitrogens with two attached hydrogens (primary N) is 1. The topological polar surface area (TPSA) is 47.3 Å². The van der Waals surface area contributed by atoms with Gasteiger partial charge in [-0.15, -0.1) is 0 Å². The van der Waals surface area contributed by atoms with Crippen LogP contribution in [0.3, 0.4) is 0 Å². The van der Waals surface area contributed by atoms with Crippen LogP contribution in [-0.2, 0) is 4.74 Å². The molecule has 0 aliphatic heterocycles. The first-order chi connectivity index (χ1) is 7.39. The first-order valence-corrected chi connectivity index (χ1v) is 6.34. The highest BCUT2D eigenvalue weighted by Crippen LogP contribution is 2.27. The fourth-order valence-electron chi connectivity index (χ4n) is 2.36. The zero-order chi connectivity index (χ0) is 12.6. The molecule has 0 bridgehead atoms. The number of methoxy groups -OCH3 is 1. The Morgan fingerprint density at radius 1 is 1.31 bits per heavy atom. The predicted octanol–water partition coefficient (Wildman–Crippen LogP) is 2.71. The molecule has 3 N–H and O–H groups in total. The Balaban J connectivity index is 3.83. The second kappa shape index (κ2) is 8.04. The van der Waals surface area contributed by atoms with E-state index in [1.165, 1.54) is 6.42 Å². The van der Waals surface area contributed by atoms with E-state index in [-0.39, 0.29) is 0 Å². The largest absolute Gasteiger partial charge is 0.385 e. The number of ether oxygens (including phenoxy) is 1. The zero-order valence-corrected chi connectivity index (χ0v) is 11.7. The van der Waals surface area contributed by atoms with Crippen molar-refractivity contribution in [3.63, 3.8) is 0 Å². The summed E-state index contributed by atoms with van der Waals surface area (Å²) in [5.74, 6) is 6.29. The molecule has 0 aliphatic carbocycles. The molecule has 0 spiro atoms. The van der Waals surface area contributed by atoms with Crippen molar-refractivity contribution in [2.45, 2.75) is 59.4 Å². The molecule has 0 amide bonds. The van der Waals surface area contributed by atoms with Gasteiger partial charge in [0.15, 0.2) is 0 Å². The van der Waals surface area contributed by atoms with Crippen LogP contribution in [0.15, 0.2) is 0 Å². The van der Waals surface area contributed by atoms with Gasteiger partial charge in [-0.3, -0.25) is 11.3 Å². The molecular weight excluding hydrogens is 200 g/mol. The minimum absolute atomic E-state index is 0.408. The van der Waals surface area contributed by atoms with Gasteiger partial charge in [0.05, 0.1) is 0 Å². The fraction of sp³-hybridized carbons (Fsp3) is 1.00. The highest BCUT2D eigenvalue weighted by atomic mass is 16.5. The third-order valence-electron chi connectivity index (χ3n) is 2.78. The van der Waals surface area contributed by atoms with Gasteiger partial charge >= 0.3 is 0 Å². The molecule has 0 heterocycles. The molecule has 3 heteroatoms. The number of rotatable bonds is 8. The van der Waals surface area contributed by atoms with E-state index in [2.05, 4.69) is 33.1 Å². The van der Waals surface area contributed by atoms with Crippen molar-refractivity contribution < 1.29 is 4.74 Å². The van der Waals surface area contributed by atoms with Crippen LogP contribution in [-0.4, -0.2) is 19.8 Å². The molecule has 0 aliphatic rings. The molecule has 0 fully saturated rings. The Labute approximate surface area is 101 Å². The summed E-state index contributed by atoms with van der Waals surface area (Å²) < 4.78 is 5.05. The Morgan fingerprint density at radius 3 is 2.38 bits per heavy atom. The van der Waals surface area contributed by atoms with Crippen LogP contribution < -0.4 is 11.3 Å². The number of hydrogen-bond donors (Lipinski definition) is 2. The van der Waals surface area contributed by atoms with Crippen molar-refractivity contribution in [3.05, 3.63) is 0 Å². The van der Waals surface area contributed by atoms with Gasteiger partial charge in [0.25, 0.3) is 0 Å². The lowest BCUT2D eigenvalue weighted by Crippen LogP contribution is -2.37. The zero-order valence-electron chi connectivity index (χ0n) is 11.7. The Morgan fingerprint density at radius 2 is 1.94 bits per heavy atom. The second-order valence-corrected chi connectivity index (χ2v) is 6.10. The molecule has 0 rings (SSSR count). The van der Waals surface area contributed by atoms with Crippen molar-refractivity contribution >= 4 is 0 Å². The summed E-state index contributed by atoms with van der Waals surface area (Å²) in [5.41, 5.74) is 3.33. The monoisotopic (exact) mass is 230 g/mol. The van der Waals surface area contributed by atoms with E-state index >= 15 is 0 Å². The van der Waals surface area contributed by atoms with Crippen LogP contribution >= 0.6 is 0 Å². The van der Waals surface area contributed by atoms with Gasteiger partial charge < -0.3 is 4.74 Å². The van der Waals surface area contributed by atoms with Crippen molar-refractivity contribution in [2.75, 3.05) is 13.7 Å². The van der Waals surface area contributed by atoms with E-state index in [4.69, 9.17) is 10.6 Å². The molecule has 0 aromatic rings. The van der Waals surface area contributed by atoms with Crippen molar-refractivity contribution in [2.24, 2.45) is 17.2 Å². The minimum atomic E-state index is 0.408. The average molecular weight is 230 g/mol. The van der Waals surface area contributed by atoms with E-state index in [9.17, 15) is 0 Å². The lowest BCUT2D eigenvalue weighted by molar-refractivity contribution is 0.185. The standard InChI is InChI=1S/C13H30N2O/c1-11(10-13(2,3)4)9-12(15-14)7-6-8-16-5/h11-12,15H,6-10,14H2,1-5H3. The molecule has 0 saturated heterocycles. The summed E-state index contributed by atoms with van der Waals surface area (Å²) in [7, 11) is 1.74. The summed E-state index contributed by atoms with van der Waals surface area (Å²) in [6, 6.07) is 0.424. The number of hydrogen-bond acceptors (Lipinski definition) is 3. The van der Waals surface area contributed by atoms with Gasteiger partial charge in [-0.2, -0.15) is 0 Å². The summed E-state index contributed by atoms with van der Waals surface area (Å²) in [4.78, 5) is 0. The maximum absolute atomic E-state index is 5.58. The number of nitrogens with one attached hydrogen (secondary N) is 1. The highest BCUT2D eigenvalue weighted by Gasteiger charge is 2.18. The third kappa shape index (κ3) is 9.13. The first kappa shape index (κ1) is 15.9. The van der Waals surface area contributed by atoms with Gasteiger partial charge in [-0.25, -0.2) is 0 Å². The smallest absolute Gasteiger partial charge is 0.0462 e. The van der Waals surface area contributed by atoms with E-state index in [0.717, 1.165) is 25.9 Å². The number of hydrazine groups is 1. The van der Waals surface area contributed by atoms with Gasteiger partial charge in [-0.1, -0.05) is 27.7 Å². The second-order valence-electron chi connectivity index (χ2n) is 6.10. The Hall–Kier alpha value is -0.120. The maximum Gasteiger partial charge on any atom is 0.0462 e. The predicted molar refractivity (Wildman–Crippen MR) is 70.1 cm³/mol. The molecule has 0 aromatic carbocycles. The Bertz CT molecular complexity index is 166. The summed E-state index contributed by atoms with van der Waals surface area (Å²) >= 11 is 0. The SMILES string of the molecule is COCCCC(CC(C)CC(C)(C)C)NN. The van der Waals surface area contributed by atoms with Crippen molar-refractivity contribution in [3.8, 4) is 0 Å². The minimum Gasteiger partial charge on any atom is -0.385 e. The van der Waals surface area contributed by atoms with Gasteiger partial charge in [0, 0.05) is 19.8 Å². The van der Waals surface area contributed by atoms with E-state index in [1.54, 1.807) is 7.11 Å². The molecule has 0 radical (unpaired) electrons. The summed E-state index contributed by atoms with van der Waals surface area (Å²) in [6.45, 7) is 10.0. The van der Waals surface area contributed by atoms with E-state index in [1.807, 2.05) is 0 Å². The molecule has 3 nitrogen and oxygen atoms in total. The lowest BCUT2D eigenvalue weighted by Gasteiger charge is -2.26. The van der Waals surface area contributed by atoms with Crippen molar-refractivity contribution in [1.82, 2.24) is 5.43 Å². The molecule has 16 heavy (non-hydrogen) atoms. The quantitative estimate of drug-likeness (QED) is 0.383. The van der Waals surface area contributed by atoms with E-state index in [0.29, 0.717) is 17.4 Å². The summed E-state index contributed by atoms with van der Waals surface area (Å²) in [6.07, 6.45) is 4.57. The summed E-state index contributed by atoms with van der Waals surface area (Å²) in [5, 5.41) is 0. The van der Waals surface area contributed by atoms with Crippen LogP contribution in [0, 0.1) is 11.3 Å². The lowest BCUT2D eigenvalue weighted by atomic mass is 9.82. The molecule has 2 unspecified atom stereocenters. The van der Waals surface area contributed by atoms with Gasteiger partial charge in [-0.05, 0) is 37.0 Å². The normalized spacial score (nSPS) is 16.1. The van der Waals surface area contributed by atoms with E-state index < -0.39 is 0 Å². The third-order valence-corrected chi connectivity index (χ3v) is 2.78. The van der Waals surface area contributed by atoms with Gasteiger partial charge in [0.2, 0.25) is 0 Å².